The summed E-state index contributed by atoms with van der Waals surface area (Å²) in [7, 11) is 3.74. The third kappa shape index (κ3) is 8.16. The van der Waals surface area contributed by atoms with E-state index in [0.717, 1.165) is 51.4 Å². The average molecular weight is 341 g/mol. The van der Waals surface area contributed by atoms with Crippen molar-refractivity contribution in [1.82, 2.24) is 9.80 Å². The van der Waals surface area contributed by atoms with Crippen LogP contribution in [-0.2, 0) is 9.59 Å². The van der Waals surface area contributed by atoms with E-state index in [1.54, 1.807) is 0 Å². The van der Waals surface area contributed by atoms with Crippen molar-refractivity contribution < 1.29 is 9.59 Å². The predicted octanol–water partition coefficient (Wildman–Crippen LogP) is 4.34. The molecule has 0 N–H and O–H groups in total. The second kappa shape index (κ2) is 13.3. The molecule has 0 aromatic carbocycles. The summed E-state index contributed by atoms with van der Waals surface area (Å²) in [5, 5.41) is 0. The highest BCUT2D eigenvalue weighted by Crippen LogP contribution is 2.17. The number of rotatable bonds is 13. The maximum atomic E-state index is 12.6. The molecule has 0 saturated carbocycles. The fraction of sp³-hybridized carbons (Fsp3) is 0.900. The number of amides is 2. The van der Waals surface area contributed by atoms with Gasteiger partial charge in [0.2, 0.25) is 11.8 Å². The third-order valence-electron chi connectivity index (χ3n) is 4.77. The topological polar surface area (TPSA) is 40.6 Å². The van der Waals surface area contributed by atoms with Crippen molar-refractivity contribution >= 4 is 11.8 Å². The van der Waals surface area contributed by atoms with Crippen molar-refractivity contribution in [3.63, 3.8) is 0 Å². The van der Waals surface area contributed by atoms with E-state index in [4.69, 9.17) is 0 Å². The van der Waals surface area contributed by atoms with Gasteiger partial charge in [0.1, 0.15) is 0 Å². The number of nitrogens with zero attached hydrogens (tertiary/aromatic N) is 2. The molecular formula is C20H40N2O2. The first kappa shape index (κ1) is 22.9. The zero-order valence-electron chi connectivity index (χ0n) is 16.9. The monoisotopic (exact) mass is 340 g/mol. The van der Waals surface area contributed by atoms with Crippen LogP contribution >= 0.6 is 0 Å². The van der Waals surface area contributed by atoms with Gasteiger partial charge in [-0.05, 0) is 25.7 Å². The molecule has 0 fully saturated rings. The first-order valence-electron chi connectivity index (χ1n) is 9.92. The fourth-order valence-corrected chi connectivity index (χ4v) is 3.32. The number of carbonyl (C=O) groups excluding carboxylic acids is 2. The van der Waals surface area contributed by atoms with Crippen LogP contribution in [0.2, 0.25) is 0 Å². The molecule has 4 nitrogen and oxygen atoms in total. The van der Waals surface area contributed by atoms with Crippen LogP contribution in [0.5, 0.6) is 0 Å². The third-order valence-corrected chi connectivity index (χ3v) is 4.77. The molecule has 4 heteroatoms. The van der Waals surface area contributed by atoms with Gasteiger partial charge in [0.25, 0.3) is 0 Å². The SMILES string of the molecule is CCCC(CCC)C(=O)N(C)CCN(C)C(=O)C(CCC)CCC. The van der Waals surface area contributed by atoms with Crippen molar-refractivity contribution in [1.29, 1.82) is 0 Å². The molecule has 0 atom stereocenters. The van der Waals surface area contributed by atoms with E-state index in [2.05, 4.69) is 27.7 Å². The summed E-state index contributed by atoms with van der Waals surface area (Å²) in [6.45, 7) is 9.76. The van der Waals surface area contributed by atoms with Crippen LogP contribution in [0.4, 0.5) is 0 Å². The fourth-order valence-electron chi connectivity index (χ4n) is 3.32. The Morgan fingerprint density at radius 3 is 1.08 bits per heavy atom. The van der Waals surface area contributed by atoms with E-state index in [9.17, 15) is 9.59 Å². The number of hydrogen-bond acceptors (Lipinski definition) is 2. The Balaban J connectivity index is 4.52. The maximum absolute atomic E-state index is 12.6. The molecule has 2 amide bonds. The Bertz CT molecular complexity index is 312. The van der Waals surface area contributed by atoms with E-state index in [-0.39, 0.29) is 23.7 Å². The molecule has 0 spiro atoms. The summed E-state index contributed by atoms with van der Waals surface area (Å²) in [4.78, 5) is 28.8. The molecule has 0 aromatic rings. The lowest BCUT2D eigenvalue weighted by Crippen LogP contribution is -2.41. The highest BCUT2D eigenvalue weighted by molar-refractivity contribution is 5.79. The van der Waals surface area contributed by atoms with Gasteiger partial charge in [0, 0.05) is 39.0 Å². The average Bonchev–Trinajstić information content (AvgIpc) is 2.57. The molecule has 0 aromatic heterocycles. The molecule has 0 aliphatic heterocycles. The predicted molar refractivity (Wildman–Crippen MR) is 102 cm³/mol. The zero-order valence-corrected chi connectivity index (χ0v) is 16.9. The Morgan fingerprint density at radius 2 is 0.875 bits per heavy atom. The minimum atomic E-state index is 0.138. The molecule has 0 rings (SSSR count). The summed E-state index contributed by atoms with van der Waals surface area (Å²) in [5.41, 5.74) is 0. The van der Waals surface area contributed by atoms with Crippen LogP contribution in [0, 0.1) is 11.8 Å². The van der Waals surface area contributed by atoms with E-state index in [0.29, 0.717) is 13.1 Å². The number of carbonyl (C=O) groups is 2. The van der Waals surface area contributed by atoms with Gasteiger partial charge in [-0.25, -0.2) is 0 Å². The van der Waals surface area contributed by atoms with Crippen molar-refractivity contribution in [2.24, 2.45) is 11.8 Å². The van der Waals surface area contributed by atoms with E-state index >= 15 is 0 Å². The molecule has 0 saturated heterocycles. The Morgan fingerprint density at radius 1 is 0.625 bits per heavy atom. The molecule has 0 heterocycles. The molecule has 0 unspecified atom stereocenters. The number of hydrogen-bond donors (Lipinski definition) is 0. The van der Waals surface area contributed by atoms with Crippen LogP contribution < -0.4 is 0 Å². The van der Waals surface area contributed by atoms with Gasteiger partial charge in [-0.3, -0.25) is 9.59 Å². The minimum Gasteiger partial charge on any atom is -0.344 e. The molecular weight excluding hydrogens is 300 g/mol. The van der Waals surface area contributed by atoms with Gasteiger partial charge >= 0.3 is 0 Å². The summed E-state index contributed by atoms with van der Waals surface area (Å²) >= 11 is 0. The highest BCUT2D eigenvalue weighted by atomic mass is 16.2. The van der Waals surface area contributed by atoms with Crippen LogP contribution in [0.15, 0.2) is 0 Å². The first-order chi connectivity index (χ1) is 11.4. The molecule has 24 heavy (non-hydrogen) atoms. The summed E-state index contributed by atoms with van der Waals surface area (Å²) in [5.74, 6) is 0.745. The zero-order chi connectivity index (χ0) is 18.5. The van der Waals surface area contributed by atoms with Gasteiger partial charge in [-0.2, -0.15) is 0 Å². The Hall–Kier alpha value is -1.06. The van der Waals surface area contributed by atoms with Gasteiger partial charge in [0.15, 0.2) is 0 Å². The van der Waals surface area contributed by atoms with Crippen LogP contribution in [0.3, 0.4) is 0 Å². The smallest absolute Gasteiger partial charge is 0.225 e. The van der Waals surface area contributed by atoms with Gasteiger partial charge < -0.3 is 9.80 Å². The molecule has 0 aliphatic rings. The summed E-state index contributed by atoms with van der Waals surface area (Å²) in [6, 6.07) is 0. The van der Waals surface area contributed by atoms with E-state index < -0.39 is 0 Å². The van der Waals surface area contributed by atoms with Crippen molar-refractivity contribution in [2.45, 2.75) is 79.1 Å². The van der Waals surface area contributed by atoms with Gasteiger partial charge in [-0.1, -0.05) is 53.4 Å². The second-order valence-corrected chi connectivity index (χ2v) is 7.07. The normalized spacial score (nSPS) is 11.2. The molecule has 0 radical (unpaired) electrons. The maximum Gasteiger partial charge on any atom is 0.225 e. The summed E-state index contributed by atoms with van der Waals surface area (Å²) in [6.07, 6.45) is 8.00. The Kier molecular flexibility index (Phi) is 12.7. The Labute approximate surface area is 150 Å². The van der Waals surface area contributed by atoms with E-state index in [1.165, 1.54) is 0 Å². The first-order valence-corrected chi connectivity index (χ1v) is 9.92. The molecule has 0 aliphatic carbocycles. The van der Waals surface area contributed by atoms with Crippen LogP contribution in [0.1, 0.15) is 79.1 Å². The van der Waals surface area contributed by atoms with Gasteiger partial charge in [-0.15, -0.1) is 0 Å². The standard InChI is InChI=1S/C20H40N2O2/c1-7-11-17(12-8-2)19(23)21(5)15-16-22(6)20(24)18(13-9-3)14-10-4/h17-18H,7-16H2,1-6H3. The van der Waals surface area contributed by atoms with Crippen molar-refractivity contribution in [3.8, 4) is 0 Å². The van der Waals surface area contributed by atoms with E-state index in [1.807, 2.05) is 23.9 Å². The number of likely N-dealkylation sites (N-methyl/N-ethyl adjacent to an activating group) is 2. The van der Waals surface area contributed by atoms with Crippen LogP contribution in [-0.4, -0.2) is 48.8 Å². The van der Waals surface area contributed by atoms with Crippen molar-refractivity contribution in [3.05, 3.63) is 0 Å². The summed E-state index contributed by atoms with van der Waals surface area (Å²) < 4.78 is 0. The molecule has 0 bridgehead atoms. The second-order valence-electron chi connectivity index (χ2n) is 7.07. The largest absolute Gasteiger partial charge is 0.344 e. The lowest BCUT2D eigenvalue weighted by atomic mass is 9.96. The highest BCUT2D eigenvalue weighted by Gasteiger charge is 2.23. The quantitative estimate of drug-likeness (QED) is 0.500. The van der Waals surface area contributed by atoms with Crippen molar-refractivity contribution in [2.75, 3.05) is 27.2 Å². The van der Waals surface area contributed by atoms with Crippen LogP contribution in [0.25, 0.3) is 0 Å². The minimum absolute atomic E-state index is 0.138. The lowest BCUT2D eigenvalue weighted by molar-refractivity contribution is -0.138. The van der Waals surface area contributed by atoms with Gasteiger partial charge in [0.05, 0.1) is 0 Å². The lowest BCUT2D eigenvalue weighted by Gasteiger charge is -2.28. The molecule has 142 valence electrons.